The lowest BCUT2D eigenvalue weighted by Gasteiger charge is -2.53. The summed E-state index contributed by atoms with van der Waals surface area (Å²) in [5, 5.41) is 19.6. The van der Waals surface area contributed by atoms with Crippen LogP contribution in [0.5, 0.6) is 0 Å². The van der Waals surface area contributed by atoms with Crippen molar-refractivity contribution in [3.63, 3.8) is 0 Å². The van der Waals surface area contributed by atoms with Crippen LogP contribution in [0.4, 0.5) is 0 Å². The van der Waals surface area contributed by atoms with Gasteiger partial charge < -0.3 is 76.3 Å². The van der Waals surface area contributed by atoms with Crippen LogP contribution in [-0.2, 0) is 48.0 Å². The van der Waals surface area contributed by atoms with Crippen LogP contribution in [0.2, 0.25) is 0 Å². The molecule has 394 valence electrons. The molecule has 2 aromatic heterocycles. The molecule has 9 rings (SSSR count). The highest BCUT2D eigenvalue weighted by molar-refractivity contribution is 6.03. The van der Waals surface area contributed by atoms with Gasteiger partial charge in [-0.3, -0.25) is 43.7 Å². The van der Waals surface area contributed by atoms with Crippen LogP contribution in [0.1, 0.15) is 55.2 Å². The third-order valence-electron chi connectivity index (χ3n) is 15.2. The first kappa shape index (κ1) is 51.3. The molecule has 3 aliphatic carbocycles. The maximum atomic E-state index is 15.2. The van der Waals surface area contributed by atoms with Crippen molar-refractivity contribution in [3.8, 4) is 0 Å². The maximum absolute atomic E-state index is 15.2. The van der Waals surface area contributed by atoms with Gasteiger partial charge in [-0.15, -0.1) is 0 Å². The molecule has 4 fully saturated rings. The second kappa shape index (κ2) is 21.1. The number of aliphatic imine (C=N–C) groups is 3. The van der Waals surface area contributed by atoms with Gasteiger partial charge in [-0.05, 0) is 85.1 Å². The maximum Gasteiger partial charge on any atom is 0.246 e. The number of amides is 6. The van der Waals surface area contributed by atoms with E-state index in [0.717, 1.165) is 21.8 Å². The second-order valence-electron chi connectivity index (χ2n) is 20.7. The van der Waals surface area contributed by atoms with E-state index in [9.17, 15) is 0 Å². The van der Waals surface area contributed by atoms with Crippen molar-refractivity contribution in [3.05, 3.63) is 108 Å². The molecule has 1 saturated heterocycles. The van der Waals surface area contributed by atoms with Gasteiger partial charge in [0.1, 0.15) is 34.7 Å². The smallest absolute Gasteiger partial charge is 0.246 e. The predicted molar refractivity (Wildman–Crippen MR) is 283 cm³/mol. The lowest BCUT2D eigenvalue weighted by atomic mass is 9.63. The van der Waals surface area contributed by atoms with E-state index < -0.39 is 70.2 Å². The van der Waals surface area contributed by atoms with Crippen LogP contribution in [0.3, 0.4) is 0 Å². The number of guanidine groups is 3. The van der Waals surface area contributed by atoms with Crippen LogP contribution in [0, 0.1) is 17.8 Å². The van der Waals surface area contributed by atoms with Gasteiger partial charge in [-0.25, -0.2) is 0 Å². The zero-order chi connectivity index (χ0) is 53.1. The van der Waals surface area contributed by atoms with E-state index in [1.54, 1.807) is 24.5 Å². The highest BCUT2D eigenvalue weighted by atomic mass is 16.2. The van der Waals surface area contributed by atoms with E-state index in [-0.39, 0.29) is 113 Å². The highest BCUT2D eigenvalue weighted by Gasteiger charge is 2.60. The van der Waals surface area contributed by atoms with Crippen LogP contribution >= 0.6 is 0 Å². The first-order valence-corrected chi connectivity index (χ1v) is 25.1. The van der Waals surface area contributed by atoms with Crippen molar-refractivity contribution in [2.75, 3.05) is 19.6 Å². The van der Waals surface area contributed by atoms with E-state index in [0.29, 0.717) is 16.7 Å². The van der Waals surface area contributed by atoms with Gasteiger partial charge in [-0.1, -0.05) is 66.7 Å². The summed E-state index contributed by atoms with van der Waals surface area (Å²) in [7, 11) is 0. The minimum atomic E-state index is -1.63. The lowest BCUT2D eigenvalue weighted by Crippen LogP contribution is -2.77. The van der Waals surface area contributed by atoms with Gasteiger partial charge in [0, 0.05) is 73.1 Å². The zero-order valence-corrected chi connectivity index (χ0v) is 41.4. The summed E-state index contributed by atoms with van der Waals surface area (Å²) in [6, 6.07) is 20.1. The van der Waals surface area contributed by atoms with E-state index in [1.807, 2.05) is 66.7 Å². The lowest BCUT2D eigenvalue weighted by molar-refractivity contribution is -0.152. The topological polar surface area (TPSA) is 399 Å². The monoisotopic (exact) mass is 1020 g/mol. The molecule has 23 heteroatoms. The molecular weight excluding hydrogens is 959 g/mol. The van der Waals surface area contributed by atoms with Crippen molar-refractivity contribution < 1.29 is 28.8 Å². The average Bonchev–Trinajstić information content (AvgIpc) is 3.96. The number of carbonyl (C=O) groups is 6. The number of aromatic nitrogens is 2. The quantitative estimate of drug-likeness (QED) is 0.0516. The minimum absolute atomic E-state index is 0.00880. The normalized spacial score (nSPS) is 28.2. The zero-order valence-electron chi connectivity index (χ0n) is 41.4. The molecular formula is C52H65N17O6. The molecule has 6 amide bonds. The fraction of sp³-hybridized carbons (Fsp3) is 0.404. The number of carbonyl (C=O) groups excluding carboxylic acids is 6. The Morgan fingerprint density at radius 2 is 0.813 bits per heavy atom. The van der Waals surface area contributed by atoms with Crippen molar-refractivity contribution in [1.82, 2.24) is 41.9 Å². The van der Waals surface area contributed by atoms with Gasteiger partial charge in [0.05, 0.1) is 0 Å². The number of nitrogens with zero attached hydrogens (tertiary/aromatic N) is 3. The van der Waals surface area contributed by atoms with Gasteiger partial charge in [0.2, 0.25) is 35.4 Å². The molecule has 20 N–H and O–H groups in total. The molecule has 0 radical (unpaired) electrons. The molecule has 1 aliphatic heterocycles. The average molecular weight is 1020 g/mol. The Balaban J connectivity index is 1.14. The SMILES string of the molecule is NC(N)=NCC1CC2(C1)NC(=O)[C@H](Cc1c[nH]c3ccccc13)NC(=O)[C@H](Cc1ccccc1)NC(=O)[C@H](Cc1c[nH]c3ccccc13)NC(=O)C1(CC(CN=C(N)N)C1)NC(=O)C1(CC(CN=C(N)N)C1)NC2=O. The Hall–Kier alpha value is -8.63. The van der Waals surface area contributed by atoms with Gasteiger partial charge in [0.25, 0.3) is 0 Å². The van der Waals surface area contributed by atoms with E-state index in [4.69, 9.17) is 34.4 Å². The third-order valence-corrected chi connectivity index (χ3v) is 15.2. The van der Waals surface area contributed by atoms with E-state index in [1.165, 1.54) is 0 Å². The first-order valence-electron chi connectivity index (χ1n) is 25.1. The molecule has 0 bridgehead atoms. The summed E-state index contributed by atoms with van der Waals surface area (Å²) in [6.07, 6.45) is 3.80. The van der Waals surface area contributed by atoms with Crippen molar-refractivity contribution in [2.45, 2.75) is 92.5 Å². The van der Waals surface area contributed by atoms with Crippen molar-refractivity contribution in [1.29, 1.82) is 0 Å². The predicted octanol–water partition coefficient (Wildman–Crippen LogP) is -1.24. The number of hydrogen-bond acceptors (Lipinski definition) is 9. The molecule has 3 spiro atoms. The summed E-state index contributed by atoms with van der Waals surface area (Å²) in [6.45, 7) is 0.443. The summed E-state index contributed by atoms with van der Waals surface area (Å²) in [4.78, 5) is 110. The summed E-state index contributed by atoms with van der Waals surface area (Å²) < 4.78 is 0. The number of H-pyrrole nitrogens is 2. The number of nitrogens with one attached hydrogen (secondary N) is 8. The highest BCUT2D eigenvalue weighted by Crippen LogP contribution is 2.45. The number of rotatable bonds is 12. The number of hydrogen-bond donors (Lipinski definition) is 14. The molecule has 75 heavy (non-hydrogen) atoms. The number of aromatic amines is 2. The van der Waals surface area contributed by atoms with Crippen molar-refractivity contribution in [2.24, 2.45) is 67.1 Å². The van der Waals surface area contributed by atoms with Gasteiger partial charge in [0.15, 0.2) is 17.9 Å². The minimum Gasteiger partial charge on any atom is -0.370 e. The Labute approximate surface area is 431 Å². The number of para-hydroxylation sites is 2. The van der Waals surface area contributed by atoms with Crippen LogP contribution in [-0.4, -0.2) is 118 Å². The standard InChI is InChI=1S/C52H65N17O6/c53-47(54)61-23-29-17-50(18-29)44(73)66-39(15-32-26-59-36-12-6-4-10-34(32)36)42(71)64-38(14-28-8-2-1-3-9-28)41(70)65-40(16-33-27-60-37-13-7-5-11-35(33)37)43(72)67-51(19-30(20-51)24-62-48(55)56)45(74)69-52(46(75)68-50)21-31(22-52)25-63-49(57)58/h1-13,26-27,29-31,38-40,59-60H,14-25H2,(H,64,71)(H,65,70)(H,66,73)(H,67,72)(H,68,75)(H,69,74)(H4,53,54,61)(H4,55,56,62)(H4,57,58,63)/t29?,30?,31?,38-,39-,40-,50?,51?,52?/m0/s1. The Kier molecular flexibility index (Phi) is 14.4. The van der Waals surface area contributed by atoms with E-state index >= 15 is 28.8 Å². The Bertz CT molecular complexity index is 2960. The van der Waals surface area contributed by atoms with E-state index in [2.05, 4.69) is 56.8 Å². The molecule has 23 nitrogen and oxygen atoms in total. The van der Waals surface area contributed by atoms with Gasteiger partial charge >= 0.3 is 0 Å². The molecule has 5 aromatic rings. The summed E-state index contributed by atoms with van der Waals surface area (Å²) >= 11 is 0. The largest absolute Gasteiger partial charge is 0.370 e. The molecule has 3 atom stereocenters. The van der Waals surface area contributed by atoms with Gasteiger partial charge in [-0.2, -0.15) is 0 Å². The molecule has 0 unspecified atom stereocenters. The van der Waals surface area contributed by atoms with Crippen LogP contribution < -0.4 is 66.3 Å². The fourth-order valence-electron chi connectivity index (χ4n) is 11.3. The molecule has 3 saturated carbocycles. The molecule has 4 aliphatic rings. The second-order valence-corrected chi connectivity index (χ2v) is 20.7. The number of nitrogens with two attached hydrogens (primary N) is 6. The van der Waals surface area contributed by atoms with Crippen LogP contribution in [0.15, 0.2) is 106 Å². The first-order chi connectivity index (χ1) is 35.9. The molecule has 3 aromatic carbocycles. The Morgan fingerprint density at radius 3 is 1.25 bits per heavy atom. The Morgan fingerprint density at radius 1 is 0.440 bits per heavy atom. The number of benzene rings is 3. The fourth-order valence-corrected chi connectivity index (χ4v) is 11.3. The van der Waals surface area contributed by atoms with Crippen LogP contribution in [0.25, 0.3) is 21.8 Å². The van der Waals surface area contributed by atoms with Crippen molar-refractivity contribution >= 4 is 75.1 Å². The summed E-state index contributed by atoms with van der Waals surface area (Å²) in [5.74, 6) is -5.39. The summed E-state index contributed by atoms with van der Waals surface area (Å²) in [5.41, 5.74) is 33.0. The third kappa shape index (κ3) is 11.2. The molecule has 3 heterocycles. The number of fused-ring (bicyclic) bond motifs is 2.